The van der Waals surface area contributed by atoms with Gasteiger partial charge in [-0.05, 0) is 43.9 Å². The summed E-state index contributed by atoms with van der Waals surface area (Å²) in [6.45, 7) is 0. The number of H-pyrrole nitrogens is 2. The molecule has 0 saturated heterocycles. The second kappa shape index (κ2) is 6.68. The number of benzene rings is 1. The van der Waals surface area contributed by atoms with Crippen LogP contribution >= 0.6 is 0 Å². The molecular weight excluding hydrogens is 356 g/mol. The Morgan fingerprint density at radius 2 is 2.00 bits per heavy atom. The van der Waals surface area contributed by atoms with Crippen LogP contribution in [0.2, 0.25) is 0 Å². The van der Waals surface area contributed by atoms with Gasteiger partial charge in [-0.2, -0.15) is 0 Å². The molecule has 4 aromatic rings. The number of aromatic nitrogens is 5. The molecule has 0 atom stereocenters. The van der Waals surface area contributed by atoms with E-state index in [0.29, 0.717) is 17.5 Å². The van der Waals surface area contributed by atoms with E-state index in [-0.39, 0.29) is 5.56 Å². The van der Waals surface area contributed by atoms with E-state index in [1.54, 1.807) is 16.8 Å². The van der Waals surface area contributed by atoms with Crippen LogP contribution < -0.4 is 21.9 Å². The Labute approximate surface area is 160 Å². The molecule has 1 fully saturated rings. The summed E-state index contributed by atoms with van der Waals surface area (Å²) in [5, 5.41) is 17.7. The molecule has 3 aromatic heterocycles. The van der Waals surface area contributed by atoms with Gasteiger partial charge in [-0.15, -0.1) is 5.10 Å². The van der Waals surface area contributed by atoms with Gasteiger partial charge in [0.1, 0.15) is 5.82 Å². The molecule has 0 radical (unpaired) electrons. The third kappa shape index (κ3) is 3.09. The van der Waals surface area contributed by atoms with Gasteiger partial charge in [0.25, 0.3) is 5.56 Å². The lowest BCUT2D eigenvalue weighted by atomic mass is 9.92. The molecule has 9 heteroatoms. The van der Waals surface area contributed by atoms with Crippen LogP contribution in [0.15, 0.2) is 41.5 Å². The first-order valence-corrected chi connectivity index (χ1v) is 9.50. The number of anilines is 3. The molecule has 0 aliphatic heterocycles. The highest BCUT2D eigenvalue weighted by atomic mass is 16.1. The van der Waals surface area contributed by atoms with Crippen molar-refractivity contribution >= 4 is 33.7 Å². The highest BCUT2D eigenvalue weighted by Gasteiger charge is 2.19. The van der Waals surface area contributed by atoms with Gasteiger partial charge >= 0.3 is 0 Å². The Kier molecular flexibility index (Phi) is 4.01. The number of hydrogen-bond donors (Lipinski definition) is 5. The minimum Gasteiger partial charge on any atom is -0.366 e. The number of rotatable bonds is 4. The van der Waals surface area contributed by atoms with Crippen LogP contribution in [0, 0.1) is 0 Å². The fourth-order valence-electron chi connectivity index (χ4n) is 3.82. The Bertz CT molecular complexity index is 1180. The molecule has 1 saturated carbocycles. The van der Waals surface area contributed by atoms with Crippen LogP contribution in [-0.4, -0.2) is 36.9 Å². The summed E-state index contributed by atoms with van der Waals surface area (Å²) in [6, 6.07) is 8.22. The smallest absolute Gasteiger partial charge is 0.271 e. The zero-order chi connectivity index (χ0) is 19.1. The maximum absolute atomic E-state index is 11.7. The van der Waals surface area contributed by atoms with Crippen molar-refractivity contribution in [3.05, 3.63) is 47.0 Å². The molecule has 0 bridgehead atoms. The Balaban J connectivity index is 1.45. The van der Waals surface area contributed by atoms with Gasteiger partial charge in [0, 0.05) is 36.2 Å². The van der Waals surface area contributed by atoms with Crippen molar-refractivity contribution in [3.8, 4) is 0 Å². The second-order valence-electron chi connectivity index (χ2n) is 7.36. The number of nitrogens with two attached hydrogens (primary N) is 1. The van der Waals surface area contributed by atoms with E-state index in [2.05, 4.69) is 30.9 Å². The van der Waals surface area contributed by atoms with Crippen molar-refractivity contribution in [2.45, 2.75) is 37.8 Å². The fourth-order valence-corrected chi connectivity index (χ4v) is 3.82. The van der Waals surface area contributed by atoms with Crippen LogP contribution in [-0.2, 0) is 0 Å². The van der Waals surface area contributed by atoms with Crippen molar-refractivity contribution < 1.29 is 0 Å². The molecule has 0 amide bonds. The summed E-state index contributed by atoms with van der Waals surface area (Å²) < 4.78 is 1.76. The van der Waals surface area contributed by atoms with Crippen LogP contribution in [0.1, 0.15) is 25.7 Å². The third-order valence-electron chi connectivity index (χ3n) is 5.34. The average Bonchev–Trinajstić information content (AvgIpc) is 3.31. The molecule has 1 aliphatic carbocycles. The van der Waals surface area contributed by atoms with E-state index >= 15 is 0 Å². The molecule has 1 aliphatic rings. The Morgan fingerprint density at radius 3 is 2.86 bits per heavy atom. The zero-order valence-corrected chi connectivity index (χ0v) is 15.3. The molecule has 28 heavy (non-hydrogen) atoms. The summed E-state index contributed by atoms with van der Waals surface area (Å²) in [5.74, 6) is 0.796. The molecule has 6 N–H and O–H groups in total. The summed E-state index contributed by atoms with van der Waals surface area (Å²) in [5.41, 5.74) is 9.07. The van der Waals surface area contributed by atoms with E-state index in [1.807, 2.05) is 24.4 Å². The van der Waals surface area contributed by atoms with Crippen LogP contribution in [0.25, 0.3) is 16.6 Å². The van der Waals surface area contributed by atoms with Gasteiger partial charge < -0.3 is 16.4 Å². The second-order valence-corrected chi connectivity index (χ2v) is 7.36. The molecule has 3 heterocycles. The molecule has 5 rings (SSSR count). The van der Waals surface area contributed by atoms with E-state index in [1.165, 1.54) is 0 Å². The van der Waals surface area contributed by atoms with Crippen molar-refractivity contribution in [2.24, 2.45) is 5.73 Å². The van der Waals surface area contributed by atoms with E-state index in [9.17, 15) is 4.79 Å². The number of imidazole rings is 1. The Hall–Kier alpha value is -3.33. The number of nitrogens with one attached hydrogen (secondary N) is 4. The van der Waals surface area contributed by atoms with Gasteiger partial charge in [0.2, 0.25) is 0 Å². The monoisotopic (exact) mass is 378 g/mol. The van der Waals surface area contributed by atoms with Crippen LogP contribution in [0.3, 0.4) is 0 Å². The standard InChI is InChI=1S/C19H22N8O/c20-11-1-3-12(4-2-11)23-17-10-16(18-21-7-8-27(18)26-17)22-13-5-6-14-15(9-13)24-25-19(14)28/h5-12,22H,1-4,20H2,(H,23,26)(H2,24,25,28). The molecule has 0 spiro atoms. The maximum atomic E-state index is 11.7. The van der Waals surface area contributed by atoms with Crippen molar-refractivity contribution in [2.75, 3.05) is 10.6 Å². The summed E-state index contributed by atoms with van der Waals surface area (Å²) >= 11 is 0. The quantitative estimate of drug-likeness (QED) is 0.371. The first-order chi connectivity index (χ1) is 13.7. The fraction of sp³-hybridized carbons (Fsp3) is 0.316. The predicted molar refractivity (Wildman–Crippen MR) is 109 cm³/mol. The van der Waals surface area contributed by atoms with E-state index < -0.39 is 0 Å². The SMILES string of the molecule is NC1CCC(Nc2cc(Nc3ccc4c(=O)[nH][nH]c4c3)c3nccn3n2)CC1. The lowest BCUT2D eigenvalue weighted by molar-refractivity contribution is 0.410. The van der Waals surface area contributed by atoms with Gasteiger partial charge in [0.05, 0.1) is 16.6 Å². The summed E-state index contributed by atoms with van der Waals surface area (Å²) in [4.78, 5) is 16.1. The lowest BCUT2D eigenvalue weighted by Crippen LogP contribution is -2.33. The average molecular weight is 378 g/mol. The normalized spacial score (nSPS) is 19.9. The molecule has 1 aromatic carbocycles. The van der Waals surface area contributed by atoms with Crippen molar-refractivity contribution in [1.29, 1.82) is 0 Å². The van der Waals surface area contributed by atoms with Crippen molar-refractivity contribution in [1.82, 2.24) is 24.8 Å². The minimum absolute atomic E-state index is 0.125. The van der Waals surface area contributed by atoms with Gasteiger partial charge in [0.15, 0.2) is 5.65 Å². The highest BCUT2D eigenvalue weighted by molar-refractivity contribution is 5.84. The summed E-state index contributed by atoms with van der Waals surface area (Å²) in [7, 11) is 0. The van der Waals surface area contributed by atoms with Crippen molar-refractivity contribution in [3.63, 3.8) is 0 Å². The number of aromatic amines is 2. The van der Waals surface area contributed by atoms with E-state index in [0.717, 1.165) is 54.0 Å². The topological polar surface area (TPSA) is 129 Å². The lowest BCUT2D eigenvalue weighted by Gasteiger charge is -2.27. The number of hydrogen-bond acceptors (Lipinski definition) is 6. The largest absolute Gasteiger partial charge is 0.366 e. The minimum atomic E-state index is -0.125. The van der Waals surface area contributed by atoms with Crippen LogP contribution in [0.4, 0.5) is 17.2 Å². The maximum Gasteiger partial charge on any atom is 0.271 e. The predicted octanol–water partition coefficient (Wildman–Crippen LogP) is 2.32. The first kappa shape index (κ1) is 16.8. The third-order valence-corrected chi connectivity index (χ3v) is 5.34. The van der Waals surface area contributed by atoms with Crippen LogP contribution in [0.5, 0.6) is 0 Å². The van der Waals surface area contributed by atoms with Gasteiger partial charge in [-0.3, -0.25) is 15.0 Å². The molecule has 9 nitrogen and oxygen atoms in total. The Morgan fingerprint density at radius 1 is 1.14 bits per heavy atom. The number of nitrogens with zero attached hydrogens (tertiary/aromatic N) is 3. The highest BCUT2D eigenvalue weighted by Crippen LogP contribution is 2.26. The van der Waals surface area contributed by atoms with Gasteiger partial charge in [-0.25, -0.2) is 9.50 Å². The first-order valence-electron chi connectivity index (χ1n) is 9.50. The molecule has 0 unspecified atom stereocenters. The summed E-state index contributed by atoms with van der Waals surface area (Å²) in [6.07, 6.45) is 7.71. The molecular formula is C19H22N8O. The molecule has 144 valence electrons. The zero-order valence-electron chi connectivity index (χ0n) is 15.3. The number of fused-ring (bicyclic) bond motifs is 2. The van der Waals surface area contributed by atoms with Gasteiger partial charge in [-0.1, -0.05) is 0 Å². The van der Waals surface area contributed by atoms with E-state index in [4.69, 9.17) is 5.73 Å².